The van der Waals surface area contributed by atoms with Crippen LogP contribution in [0.15, 0.2) is 36.4 Å². The van der Waals surface area contributed by atoms with Crippen LogP contribution in [0, 0.1) is 6.92 Å². The van der Waals surface area contributed by atoms with Crippen LogP contribution in [-0.4, -0.2) is 32.6 Å². The maximum Gasteiger partial charge on any atom is 0.339 e. The maximum atomic E-state index is 12.2. The van der Waals surface area contributed by atoms with E-state index in [2.05, 4.69) is 10.6 Å². The van der Waals surface area contributed by atoms with Gasteiger partial charge in [-0.2, -0.15) is 0 Å². The first-order valence-electron chi connectivity index (χ1n) is 7.51. The minimum atomic E-state index is -0.474. The van der Waals surface area contributed by atoms with Crippen molar-refractivity contribution in [1.82, 2.24) is 0 Å². The molecule has 1 amide bonds. The van der Waals surface area contributed by atoms with Crippen molar-refractivity contribution in [3.05, 3.63) is 52.5 Å². The lowest BCUT2D eigenvalue weighted by atomic mass is 10.2. The molecule has 0 aliphatic heterocycles. The van der Waals surface area contributed by atoms with Gasteiger partial charge in [-0.25, -0.2) is 4.79 Å². The van der Waals surface area contributed by atoms with E-state index in [0.29, 0.717) is 27.7 Å². The molecule has 0 aliphatic carbocycles. The van der Waals surface area contributed by atoms with Gasteiger partial charge in [-0.05, 0) is 30.7 Å². The van der Waals surface area contributed by atoms with Crippen molar-refractivity contribution < 1.29 is 19.1 Å². The summed E-state index contributed by atoms with van der Waals surface area (Å²) in [6, 6.07) is 10.2. The topological polar surface area (TPSA) is 76.7 Å². The summed E-state index contributed by atoms with van der Waals surface area (Å²) in [6.45, 7) is 1.81. The van der Waals surface area contributed by atoms with Crippen molar-refractivity contribution in [2.75, 3.05) is 31.4 Å². The zero-order valence-electron chi connectivity index (χ0n) is 14.2. The maximum absolute atomic E-state index is 12.2. The number of para-hydroxylation sites is 1. The average Bonchev–Trinajstić information content (AvgIpc) is 2.62. The molecule has 0 radical (unpaired) electrons. The van der Waals surface area contributed by atoms with Gasteiger partial charge in [0.2, 0.25) is 5.91 Å². The van der Waals surface area contributed by atoms with Crippen molar-refractivity contribution in [2.24, 2.45) is 0 Å². The molecule has 0 saturated heterocycles. The number of esters is 1. The summed E-state index contributed by atoms with van der Waals surface area (Å²) in [7, 11) is 2.81. The smallest absolute Gasteiger partial charge is 0.339 e. The Kier molecular flexibility index (Phi) is 6.25. The molecule has 0 heterocycles. The van der Waals surface area contributed by atoms with Crippen LogP contribution < -0.4 is 15.4 Å². The summed E-state index contributed by atoms with van der Waals surface area (Å²) in [5.74, 6) is -0.294. The minimum absolute atomic E-state index is 0.0289. The van der Waals surface area contributed by atoms with Gasteiger partial charge in [0.1, 0.15) is 5.75 Å². The third-order valence-corrected chi connectivity index (χ3v) is 3.93. The number of hydrogen-bond donors (Lipinski definition) is 2. The molecule has 0 unspecified atom stereocenters. The second-order valence-corrected chi connectivity index (χ2v) is 5.65. The van der Waals surface area contributed by atoms with Crippen LogP contribution in [0.25, 0.3) is 0 Å². The fourth-order valence-corrected chi connectivity index (χ4v) is 2.38. The molecule has 2 rings (SSSR count). The Labute approximate surface area is 151 Å². The van der Waals surface area contributed by atoms with Crippen molar-refractivity contribution in [3.63, 3.8) is 0 Å². The summed E-state index contributed by atoms with van der Waals surface area (Å²) in [6.07, 6.45) is 0. The predicted molar refractivity (Wildman–Crippen MR) is 97.6 cm³/mol. The highest BCUT2D eigenvalue weighted by molar-refractivity contribution is 6.31. The molecule has 0 aromatic heterocycles. The fourth-order valence-electron chi connectivity index (χ4n) is 2.22. The van der Waals surface area contributed by atoms with Crippen molar-refractivity contribution >= 4 is 34.9 Å². The van der Waals surface area contributed by atoms with Crippen molar-refractivity contribution in [1.29, 1.82) is 0 Å². The van der Waals surface area contributed by atoms with E-state index >= 15 is 0 Å². The number of carbonyl (C=O) groups excluding carboxylic acids is 2. The Morgan fingerprint density at radius 3 is 2.52 bits per heavy atom. The number of benzene rings is 2. The van der Waals surface area contributed by atoms with Crippen LogP contribution in [-0.2, 0) is 9.53 Å². The Balaban J connectivity index is 2.08. The highest BCUT2D eigenvalue weighted by atomic mass is 35.5. The van der Waals surface area contributed by atoms with Crippen molar-refractivity contribution in [2.45, 2.75) is 6.92 Å². The van der Waals surface area contributed by atoms with Crippen LogP contribution in [0.5, 0.6) is 5.75 Å². The largest absolute Gasteiger partial charge is 0.495 e. The zero-order valence-corrected chi connectivity index (χ0v) is 14.9. The molecule has 0 bridgehead atoms. The first-order valence-corrected chi connectivity index (χ1v) is 7.89. The molecule has 25 heavy (non-hydrogen) atoms. The van der Waals surface area contributed by atoms with Gasteiger partial charge in [0.05, 0.1) is 32.0 Å². The standard InChI is InChI=1S/C18H19ClN2O4/c1-11-8-15(16(24-2)9-13(11)19)21-17(22)10-20-14-7-5-4-6-12(14)18(23)25-3/h4-9,20H,10H2,1-3H3,(H,21,22). The third kappa shape index (κ3) is 4.64. The van der Waals surface area contributed by atoms with Crippen LogP contribution in [0.4, 0.5) is 11.4 Å². The lowest BCUT2D eigenvalue weighted by molar-refractivity contribution is -0.114. The normalized spacial score (nSPS) is 10.1. The monoisotopic (exact) mass is 362 g/mol. The molecule has 0 atom stereocenters. The molecule has 132 valence electrons. The van der Waals surface area contributed by atoms with E-state index in [9.17, 15) is 9.59 Å². The van der Waals surface area contributed by atoms with Crippen LogP contribution in [0.3, 0.4) is 0 Å². The molecule has 2 aromatic carbocycles. The van der Waals surface area contributed by atoms with E-state index in [4.69, 9.17) is 21.1 Å². The van der Waals surface area contributed by atoms with Gasteiger partial charge in [-0.15, -0.1) is 0 Å². The quantitative estimate of drug-likeness (QED) is 0.769. The molecule has 6 nitrogen and oxygen atoms in total. The van der Waals surface area contributed by atoms with E-state index in [1.165, 1.54) is 14.2 Å². The van der Waals surface area contributed by atoms with Crippen LogP contribution in [0.1, 0.15) is 15.9 Å². The minimum Gasteiger partial charge on any atom is -0.495 e. The van der Waals surface area contributed by atoms with Crippen molar-refractivity contribution in [3.8, 4) is 5.75 Å². The number of nitrogens with one attached hydrogen (secondary N) is 2. The Morgan fingerprint density at radius 1 is 1.12 bits per heavy atom. The number of anilines is 2. The highest BCUT2D eigenvalue weighted by Gasteiger charge is 2.13. The van der Waals surface area contributed by atoms with Gasteiger partial charge >= 0.3 is 5.97 Å². The number of carbonyl (C=O) groups is 2. The zero-order chi connectivity index (χ0) is 18.4. The summed E-state index contributed by atoms with van der Waals surface area (Å²) < 4.78 is 9.95. The predicted octanol–water partition coefficient (Wildman–Crippen LogP) is 3.49. The Hall–Kier alpha value is -2.73. The van der Waals surface area contributed by atoms with Crippen LogP contribution >= 0.6 is 11.6 Å². The lowest BCUT2D eigenvalue weighted by Gasteiger charge is -2.14. The first-order chi connectivity index (χ1) is 12.0. The van der Waals surface area contributed by atoms with Gasteiger partial charge in [0, 0.05) is 16.8 Å². The molecular formula is C18H19ClN2O4. The van der Waals surface area contributed by atoms with E-state index in [1.807, 2.05) is 6.92 Å². The number of aryl methyl sites for hydroxylation is 1. The van der Waals surface area contributed by atoms with Gasteiger partial charge < -0.3 is 20.1 Å². The molecule has 2 aromatic rings. The number of halogens is 1. The molecular weight excluding hydrogens is 344 g/mol. The summed E-state index contributed by atoms with van der Waals surface area (Å²) in [5, 5.41) is 6.25. The van der Waals surface area contributed by atoms with Crippen LogP contribution in [0.2, 0.25) is 5.02 Å². The number of ether oxygens (including phenoxy) is 2. The summed E-state index contributed by atoms with van der Waals surface area (Å²) in [5.41, 5.74) is 2.22. The van der Waals surface area contributed by atoms with Gasteiger partial charge in [0.25, 0.3) is 0 Å². The van der Waals surface area contributed by atoms with Gasteiger partial charge in [-0.1, -0.05) is 23.7 Å². The number of methoxy groups -OCH3 is 2. The SMILES string of the molecule is COC(=O)c1ccccc1NCC(=O)Nc1cc(C)c(Cl)cc1OC. The lowest BCUT2D eigenvalue weighted by Crippen LogP contribution is -2.23. The van der Waals surface area contributed by atoms with E-state index in [-0.39, 0.29) is 12.5 Å². The Bertz CT molecular complexity index is 793. The molecule has 0 saturated carbocycles. The highest BCUT2D eigenvalue weighted by Crippen LogP contribution is 2.30. The second kappa shape index (κ2) is 8.39. The molecule has 7 heteroatoms. The average molecular weight is 363 g/mol. The summed E-state index contributed by atoms with van der Waals surface area (Å²) in [4.78, 5) is 24.0. The van der Waals surface area contributed by atoms with E-state index < -0.39 is 5.97 Å². The Morgan fingerprint density at radius 2 is 1.84 bits per heavy atom. The third-order valence-electron chi connectivity index (χ3n) is 3.53. The van der Waals surface area contributed by atoms with E-state index in [1.54, 1.807) is 36.4 Å². The summed E-state index contributed by atoms with van der Waals surface area (Å²) >= 11 is 6.05. The van der Waals surface area contributed by atoms with Gasteiger partial charge in [0.15, 0.2) is 0 Å². The molecule has 0 fully saturated rings. The molecule has 2 N–H and O–H groups in total. The number of rotatable bonds is 6. The van der Waals surface area contributed by atoms with Gasteiger partial charge in [-0.3, -0.25) is 4.79 Å². The fraction of sp³-hybridized carbons (Fsp3) is 0.222. The first kappa shape index (κ1) is 18.6. The van der Waals surface area contributed by atoms with E-state index in [0.717, 1.165) is 5.56 Å². The number of hydrogen-bond acceptors (Lipinski definition) is 5. The molecule has 0 spiro atoms. The second-order valence-electron chi connectivity index (χ2n) is 5.24. The molecule has 0 aliphatic rings. The number of amides is 1.